The lowest BCUT2D eigenvalue weighted by Crippen LogP contribution is -2.48. The van der Waals surface area contributed by atoms with Gasteiger partial charge in [-0.3, -0.25) is 4.79 Å². The van der Waals surface area contributed by atoms with Crippen LogP contribution in [0.1, 0.15) is 33.1 Å². The molecule has 1 fully saturated rings. The van der Waals surface area contributed by atoms with E-state index in [1.54, 1.807) is 12.1 Å². The number of amides is 3. The van der Waals surface area contributed by atoms with Crippen molar-refractivity contribution in [1.82, 2.24) is 10.2 Å². The molecule has 1 aliphatic heterocycles. The number of hydrogen-bond acceptors (Lipinski definition) is 3. The molecule has 1 saturated heterocycles. The maximum absolute atomic E-state index is 12.1. The smallest absolute Gasteiger partial charge is 0.317 e. The Morgan fingerprint density at radius 3 is 2.91 bits per heavy atom. The van der Waals surface area contributed by atoms with E-state index in [0.717, 1.165) is 19.4 Å². The Bertz CT molecular complexity index is 548. The molecule has 0 radical (unpaired) electrons. The summed E-state index contributed by atoms with van der Waals surface area (Å²) in [6, 6.07) is 7.48. The van der Waals surface area contributed by atoms with E-state index in [1.165, 1.54) is 13.3 Å². The molecule has 0 saturated carbocycles. The molecule has 2 N–H and O–H groups in total. The number of nitrogens with one attached hydrogen (secondary N) is 2. The van der Waals surface area contributed by atoms with Gasteiger partial charge in [0.2, 0.25) is 5.91 Å². The summed E-state index contributed by atoms with van der Waals surface area (Å²) >= 11 is 0. The average molecular weight is 319 g/mol. The van der Waals surface area contributed by atoms with Crippen molar-refractivity contribution in [3.63, 3.8) is 0 Å². The largest absolute Gasteiger partial charge is 0.492 e. The molecule has 0 bridgehead atoms. The Labute approximate surface area is 137 Å². The third-order valence-corrected chi connectivity index (χ3v) is 3.87. The molecule has 6 heteroatoms. The van der Waals surface area contributed by atoms with Gasteiger partial charge >= 0.3 is 6.03 Å². The van der Waals surface area contributed by atoms with E-state index < -0.39 is 0 Å². The molecule has 1 aliphatic rings. The fourth-order valence-electron chi connectivity index (χ4n) is 2.70. The maximum Gasteiger partial charge on any atom is 0.317 e. The summed E-state index contributed by atoms with van der Waals surface area (Å²) in [6.07, 6.45) is 3.34. The zero-order chi connectivity index (χ0) is 16.7. The highest BCUT2D eigenvalue weighted by molar-refractivity contribution is 5.88. The maximum atomic E-state index is 12.1. The molecule has 0 unspecified atom stereocenters. The van der Waals surface area contributed by atoms with Gasteiger partial charge in [0.05, 0.1) is 6.54 Å². The van der Waals surface area contributed by atoms with Crippen LogP contribution in [0.2, 0.25) is 0 Å². The van der Waals surface area contributed by atoms with Gasteiger partial charge in [-0.15, -0.1) is 0 Å². The first-order chi connectivity index (χ1) is 11.1. The van der Waals surface area contributed by atoms with Gasteiger partial charge in [-0.1, -0.05) is 6.07 Å². The van der Waals surface area contributed by atoms with Gasteiger partial charge in [0.1, 0.15) is 12.4 Å². The minimum atomic E-state index is -0.120. The van der Waals surface area contributed by atoms with Crippen LogP contribution in [0.3, 0.4) is 0 Å². The van der Waals surface area contributed by atoms with Gasteiger partial charge in [-0.05, 0) is 38.3 Å². The molecule has 1 atom stereocenters. The van der Waals surface area contributed by atoms with Crippen molar-refractivity contribution in [2.75, 3.05) is 25.0 Å². The number of anilines is 1. The van der Waals surface area contributed by atoms with Crippen LogP contribution >= 0.6 is 0 Å². The third kappa shape index (κ3) is 5.47. The van der Waals surface area contributed by atoms with Crippen LogP contribution in [0, 0.1) is 0 Å². The summed E-state index contributed by atoms with van der Waals surface area (Å²) in [6.45, 7) is 5.21. The zero-order valence-corrected chi connectivity index (χ0v) is 13.8. The highest BCUT2D eigenvalue weighted by atomic mass is 16.5. The van der Waals surface area contributed by atoms with Gasteiger partial charge in [-0.2, -0.15) is 0 Å². The lowest BCUT2D eigenvalue weighted by molar-refractivity contribution is -0.114. The van der Waals surface area contributed by atoms with Crippen molar-refractivity contribution in [2.45, 2.75) is 39.2 Å². The molecule has 23 heavy (non-hydrogen) atoms. The molecule has 6 nitrogen and oxygen atoms in total. The van der Waals surface area contributed by atoms with Gasteiger partial charge < -0.3 is 20.3 Å². The predicted molar refractivity (Wildman–Crippen MR) is 89.7 cm³/mol. The molecule has 126 valence electrons. The number of piperidine rings is 1. The third-order valence-electron chi connectivity index (χ3n) is 3.87. The number of nitrogens with zero attached hydrogens (tertiary/aromatic N) is 1. The molecule has 1 aromatic carbocycles. The Balaban J connectivity index is 1.72. The number of hydrogen-bond donors (Lipinski definition) is 2. The molecule has 2 rings (SSSR count). The van der Waals surface area contributed by atoms with Crippen LogP contribution in [0.15, 0.2) is 24.3 Å². The monoisotopic (exact) mass is 319 g/mol. The zero-order valence-electron chi connectivity index (χ0n) is 13.8. The summed E-state index contributed by atoms with van der Waals surface area (Å²) < 4.78 is 5.61. The SMILES string of the molecule is CC(=O)Nc1cccc(OCCNC(=O)N2CCCC[C@@H]2C)c1. The van der Waals surface area contributed by atoms with Crippen LogP contribution in [0.4, 0.5) is 10.5 Å². The number of benzene rings is 1. The molecule has 3 amide bonds. The van der Waals surface area contributed by atoms with Crippen LogP contribution in [-0.4, -0.2) is 42.6 Å². The van der Waals surface area contributed by atoms with Gasteiger partial charge in [0.15, 0.2) is 0 Å². The number of rotatable bonds is 5. The quantitative estimate of drug-likeness (QED) is 0.820. The normalized spacial score (nSPS) is 17.5. The molecular weight excluding hydrogens is 294 g/mol. The first-order valence-electron chi connectivity index (χ1n) is 8.11. The molecule has 0 aliphatic carbocycles. The standard InChI is InChI=1S/C17H25N3O3/c1-13-6-3-4-10-20(13)17(22)18-9-11-23-16-8-5-7-15(12-16)19-14(2)21/h5,7-8,12-13H,3-4,6,9-11H2,1-2H3,(H,18,22)(H,19,21)/t13-/m0/s1. The minimum absolute atomic E-state index is 0.0206. The van der Waals surface area contributed by atoms with Crippen molar-refractivity contribution in [3.8, 4) is 5.75 Å². The number of carbonyl (C=O) groups is 2. The Morgan fingerprint density at radius 1 is 1.35 bits per heavy atom. The van der Waals surface area contributed by atoms with E-state index in [0.29, 0.717) is 30.6 Å². The van der Waals surface area contributed by atoms with Crippen molar-refractivity contribution < 1.29 is 14.3 Å². The van der Waals surface area contributed by atoms with E-state index in [4.69, 9.17) is 4.74 Å². The van der Waals surface area contributed by atoms with Crippen LogP contribution in [0.25, 0.3) is 0 Å². The van der Waals surface area contributed by atoms with E-state index in [1.807, 2.05) is 17.0 Å². The lowest BCUT2D eigenvalue weighted by Gasteiger charge is -2.33. The van der Waals surface area contributed by atoms with Gasteiger partial charge in [0, 0.05) is 31.3 Å². The summed E-state index contributed by atoms with van der Waals surface area (Å²) in [5.41, 5.74) is 0.696. The second kappa shape index (κ2) is 8.41. The number of carbonyl (C=O) groups excluding carboxylic acids is 2. The number of likely N-dealkylation sites (tertiary alicyclic amines) is 1. The highest BCUT2D eigenvalue weighted by Crippen LogP contribution is 2.17. The Hall–Kier alpha value is -2.24. The number of ether oxygens (including phenoxy) is 1. The summed E-state index contributed by atoms with van der Waals surface area (Å²) in [5, 5.41) is 5.60. The first-order valence-corrected chi connectivity index (χ1v) is 8.11. The first kappa shape index (κ1) is 17.1. The molecule has 1 aromatic rings. The second-order valence-electron chi connectivity index (χ2n) is 5.83. The lowest BCUT2D eigenvalue weighted by atomic mass is 10.0. The Kier molecular flexibility index (Phi) is 6.26. The summed E-state index contributed by atoms with van der Waals surface area (Å²) in [5.74, 6) is 0.543. The van der Waals surface area contributed by atoms with Crippen molar-refractivity contribution >= 4 is 17.6 Å². The van der Waals surface area contributed by atoms with E-state index in [2.05, 4.69) is 17.6 Å². The van der Waals surface area contributed by atoms with Crippen LogP contribution < -0.4 is 15.4 Å². The average Bonchev–Trinajstić information content (AvgIpc) is 2.51. The van der Waals surface area contributed by atoms with Crippen LogP contribution in [-0.2, 0) is 4.79 Å². The summed E-state index contributed by atoms with van der Waals surface area (Å²) in [4.78, 5) is 25.0. The topological polar surface area (TPSA) is 70.7 Å². The fourth-order valence-corrected chi connectivity index (χ4v) is 2.70. The minimum Gasteiger partial charge on any atom is -0.492 e. The van der Waals surface area contributed by atoms with Crippen molar-refractivity contribution in [2.24, 2.45) is 0 Å². The second-order valence-corrected chi connectivity index (χ2v) is 5.83. The number of urea groups is 1. The van der Waals surface area contributed by atoms with E-state index in [-0.39, 0.29) is 11.9 Å². The van der Waals surface area contributed by atoms with Crippen molar-refractivity contribution in [3.05, 3.63) is 24.3 Å². The van der Waals surface area contributed by atoms with Crippen LogP contribution in [0.5, 0.6) is 5.75 Å². The van der Waals surface area contributed by atoms with Crippen molar-refractivity contribution in [1.29, 1.82) is 0 Å². The van der Waals surface area contributed by atoms with Gasteiger partial charge in [0.25, 0.3) is 0 Å². The summed E-state index contributed by atoms with van der Waals surface area (Å²) in [7, 11) is 0. The molecular formula is C17H25N3O3. The molecule has 0 aromatic heterocycles. The molecule has 0 spiro atoms. The Morgan fingerprint density at radius 2 is 2.17 bits per heavy atom. The molecule has 1 heterocycles. The predicted octanol–water partition coefficient (Wildman–Crippen LogP) is 2.61. The van der Waals surface area contributed by atoms with E-state index >= 15 is 0 Å². The van der Waals surface area contributed by atoms with E-state index in [9.17, 15) is 9.59 Å². The highest BCUT2D eigenvalue weighted by Gasteiger charge is 2.22. The fraction of sp³-hybridized carbons (Fsp3) is 0.529. The van der Waals surface area contributed by atoms with Gasteiger partial charge in [-0.25, -0.2) is 4.79 Å².